The van der Waals surface area contributed by atoms with Gasteiger partial charge in [-0.3, -0.25) is 4.79 Å². The number of benzene rings is 3. The van der Waals surface area contributed by atoms with E-state index in [9.17, 15) is 18.7 Å². The largest absolute Gasteiger partial charge is 0.390 e. The van der Waals surface area contributed by atoms with Crippen molar-refractivity contribution in [2.75, 3.05) is 18.0 Å². The van der Waals surface area contributed by atoms with Gasteiger partial charge in [-0.2, -0.15) is 0 Å². The summed E-state index contributed by atoms with van der Waals surface area (Å²) in [6.07, 6.45) is -0.258. The molecule has 7 nitrogen and oxygen atoms in total. The molecule has 0 spiro atoms. The third-order valence-corrected chi connectivity index (χ3v) is 6.89. The second-order valence-corrected chi connectivity index (χ2v) is 9.73. The number of aromatic nitrogens is 2. The number of hydrogen-bond acceptors (Lipinski definition) is 6. The van der Waals surface area contributed by atoms with E-state index in [1.54, 1.807) is 25.1 Å². The summed E-state index contributed by atoms with van der Waals surface area (Å²) in [6, 6.07) is 11.3. The second-order valence-electron chi connectivity index (χ2n) is 9.32. The van der Waals surface area contributed by atoms with Crippen LogP contribution < -0.4 is 16.4 Å². The standard InChI is InChI=1S/C27H24ClF2N5O2/c1-13-4-15(8-17(29)5-13)25-26(35-3-2-22(31)24(36)12-35)20-10-19(21(28)11-23(20)33-34-25)14-6-16(27(32)37)9-18(30)7-14/h4-11,22,24,36H,2-3,12,31H2,1H3,(H2,32,37)/t22-,24-/m1/s1. The van der Waals surface area contributed by atoms with Gasteiger partial charge in [0, 0.05) is 41.2 Å². The van der Waals surface area contributed by atoms with Crippen LogP contribution >= 0.6 is 11.6 Å². The van der Waals surface area contributed by atoms with Gasteiger partial charge in [0.1, 0.15) is 17.3 Å². The van der Waals surface area contributed by atoms with E-state index in [1.165, 1.54) is 24.3 Å². The summed E-state index contributed by atoms with van der Waals surface area (Å²) in [6.45, 7) is 2.53. The lowest BCUT2D eigenvalue weighted by Gasteiger charge is -2.37. The number of halogens is 3. The van der Waals surface area contributed by atoms with E-state index in [4.69, 9.17) is 23.1 Å². The third kappa shape index (κ3) is 4.85. The van der Waals surface area contributed by atoms with Crippen molar-refractivity contribution in [1.29, 1.82) is 0 Å². The van der Waals surface area contributed by atoms with Gasteiger partial charge in [0.2, 0.25) is 5.91 Å². The molecule has 0 saturated carbocycles. The molecule has 5 rings (SSSR count). The predicted molar refractivity (Wildman–Crippen MR) is 139 cm³/mol. The minimum atomic E-state index is -0.785. The van der Waals surface area contributed by atoms with Crippen molar-refractivity contribution in [1.82, 2.24) is 10.2 Å². The Balaban J connectivity index is 1.79. The molecule has 5 N–H and O–H groups in total. The molecule has 10 heteroatoms. The first-order valence-corrected chi connectivity index (χ1v) is 12.1. The fourth-order valence-corrected chi connectivity index (χ4v) is 5.03. The average Bonchev–Trinajstić information content (AvgIpc) is 2.83. The molecule has 4 aromatic rings. The summed E-state index contributed by atoms with van der Waals surface area (Å²) < 4.78 is 28.8. The number of primary amides is 1. The average molecular weight is 524 g/mol. The van der Waals surface area contributed by atoms with Crippen molar-refractivity contribution in [3.05, 3.63) is 76.3 Å². The Morgan fingerprint density at radius 3 is 2.49 bits per heavy atom. The normalized spacial score (nSPS) is 17.8. The van der Waals surface area contributed by atoms with E-state index in [0.29, 0.717) is 57.5 Å². The molecule has 2 atom stereocenters. The van der Waals surface area contributed by atoms with E-state index in [2.05, 4.69) is 10.2 Å². The highest BCUT2D eigenvalue weighted by Gasteiger charge is 2.29. The van der Waals surface area contributed by atoms with Crippen molar-refractivity contribution >= 4 is 34.1 Å². The van der Waals surface area contributed by atoms with Crippen molar-refractivity contribution < 1.29 is 18.7 Å². The summed E-state index contributed by atoms with van der Waals surface area (Å²) in [5.74, 6) is -1.83. The molecule has 1 amide bonds. The van der Waals surface area contributed by atoms with Crippen LogP contribution in [0, 0.1) is 18.6 Å². The molecule has 190 valence electrons. The Labute approximate surface area is 216 Å². The number of aliphatic hydroxyl groups excluding tert-OH is 1. The number of aliphatic hydroxyl groups is 1. The minimum Gasteiger partial charge on any atom is -0.390 e. The smallest absolute Gasteiger partial charge is 0.248 e. The number of hydrogen-bond donors (Lipinski definition) is 3. The third-order valence-electron chi connectivity index (χ3n) is 6.58. The number of carbonyl (C=O) groups is 1. The van der Waals surface area contributed by atoms with Crippen molar-refractivity contribution in [2.45, 2.75) is 25.5 Å². The number of aryl methyl sites for hydroxylation is 1. The van der Waals surface area contributed by atoms with Crippen LogP contribution in [0.3, 0.4) is 0 Å². The zero-order valence-electron chi connectivity index (χ0n) is 19.9. The van der Waals surface area contributed by atoms with Crippen LogP contribution in [0.2, 0.25) is 5.02 Å². The number of anilines is 1. The maximum Gasteiger partial charge on any atom is 0.248 e. The molecular formula is C27H24ClF2N5O2. The molecule has 3 aromatic carbocycles. The highest BCUT2D eigenvalue weighted by molar-refractivity contribution is 6.34. The van der Waals surface area contributed by atoms with Gasteiger partial charge in [0.15, 0.2) is 0 Å². The van der Waals surface area contributed by atoms with E-state index in [0.717, 1.165) is 6.07 Å². The lowest BCUT2D eigenvalue weighted by atomic mass is 9.96. The maximum absolute atomic E-state index is 14.4. The molecule has 37 heavy (non-hydrogen) atoms. The van der Waals surface area contributed by atoms with E-state index < -0.39 is 23.6 Å². The summed E-state index contributed by atoms with van der Waals surface area (Å²) in [5, 5.41) is 20.2. The quantitative estimate of drug-likeness (QED) is 0.369. The first-order chi connectivity index (χ1) is 17.6. The first kappa shape index (κ1) is 25.0. The monoisotopic (exact) mass is 523 g/mol. The Bertz CT molecular complexity index is 1530. The van der Waals surface area contributed by atoms with Gasteiger partial charge in [0.25, 0.3) is 0 Å². The van der Waals surface area contributed by atoms with Gasteiger partial charge in [-0.15, -0.1) is 10.2 Å². The maximum atomic E-state index is 14.4. The zero-order chi connectivity index (χ0) is 26.4. The number of fused-ring (bicyclic) bond motifs is 1. The Kier molecular flexibility index (Phi) is 6.53. The molecule has 1 aliphatic heterocycles. The number of nitrogens with zero attached hydrogens (tertiary/aromatic N) is 3. The van der Waals surface area contributed by atoms with Gasteiger partial charge >= 0.3 is 0 Å². The molecule has 1 saturated heterocycles. The molecule has 0 aliphatic carbocycles. The SMILES string of the molecule is Cc1cc(F)cc(-c2nnc3cc(Cl)c(-c4cc(F)cc(C(N)=O)c4)cc3c2N2CC[C@@H](N)[C@H](O)C2)c1. The van der Waals surface area contributed by atoms with Crippen LogP contribution in [0.25, 0.3) is 33.3 Å². The molecule has 0 bridgehead atoms. The van der Waals surface area contributed by atoms with E-state index in [-0.39, 0.29) is 23.2 Å². The van der Waals surface area contributed by atoms with Crippen molar-refractivity contribution in [2.24, 2.45) is 11.5 Å². The summed E-state index contributed by atoms with van der Waals surface area (Å²) in [4.78, 5) is 13.7. The molecule has 1 fully saturated rings. The molecule has 0 radical (unpaired) electrons. The Morgan fingerprint density at radius 1 is 1.05 bits per heavy atom. The lowest BCUT2D eigenvalue weighted by molar-refractivity contribution is 0.1000. The van der Waals surface area contributed by atoms with Gasteiger partial charge in [-0.05, 0) is 73.0 Å². The van der Waals surface area contributed by atoms with Gasteiger partial charge in [-0.1, -0.05) is 11.6 Å². The number of carbonyl (C=O) groups excluding carboxylic acids is 1. The summed E-state index contributed by atoms with van der Waals surface area (Å²) in [5.41, 5.74) is 15.0. The number of piperidine rings is 1. The van der Waals surface area contributed by atoms with Crippen LogP contribution in [-0.2, 0) is 0 Å². The lowest BCUT2D eigenvalue weighted by Crippen LogP contribution is -2.50. The number of nitrogens with two attached hydrogens (primary N) is 2. The van der Waals surface area contributed by atoms with Crippen LogP contribution in [0.4, 0.5) is 14.5 Å². The van der Waals surface area contributed by atoms with E-state index in [1.807, 2.05) is 4.90 Å². The van der Waals surface area contributed by atoms with Crippen LogP contribution in [0.15, 0.2) is 48.5 Å². The van der Waals surface area contributed by atoms with Crippen LogP contribution in [0.1, 0.15) is 22.3 Å². The Morgan fingerprint density at radius 2 is 1.78 bits per heavy atom. The van der Waals surface area contributed by atoms with Gasteiger partial charge in [-0.25, -0.2) is 8.78 Å². The fraction of sp³-hybridized carbons (Fsp3) is 0.222. The number of β-amino-alcohol motifs (C(OH)–C–C–N with tert-alkyl or cyclic N) is 1. The molecular weight excluding hydrogens is 500 g/mol. The molecule has 0 unspecified atom stereocenters. The number of rotatable bonds is 4. The minimum absolute atomic E-state index is 0.00306. The fourth-order valence-electron chi connectivity index (χ4n) is 4.76. The highest BCUT2D eigenvalue weighted by Crippen LogP contribution is 2.41. The zero-order valence-corrected chi connectivity index (χ0v) is 20.6. The van der Waals surface area contributed by atoms with Gasteiger partial charge < -0.3 is 21.5 Å². The molecule has 1 aliphatic rings. The Hall–Kier alpha value is -3.66. The predicted octanol–water partition coefficient (Wildman–Crippen LogP) is 4.20. The first-order valence-electron chi connectivity index (χ1n) is 11.7. The van der Waals surface area contributed by atoms with Crippen LogP contribution in [-0.4, -0.2) is 46.4 Å². The summed E-state index contributed by atoms with van der Waals surface area (Å²) in [7, 11) is 0. The number of amides is 1. The second kappa shape index (κ2) is 9.66. The highest BCUT2D eigenvalue weighted by atomic mass is 35.5. The topological polar surface area (TPSA) is 118 Å². The summed E-state index contributed by atoms with van der Waals surface area (Å²) >= 11 is 6.57. The van der Waals surface area contributed by atoms with Gasteiger partial charge in [0.05, 0.1) is 22.3 Å². The van der Waals surface area contributed by atoms with Crippen LogP contribution in [0.5, 0.6) is 0 Å². The van der Waals surface area contributed by atoms with Crippen molar-refractivity contribution in [3.63, 3.8) is 0 Å². The molecule has 1 aromatic heterocycles. The molecule has 2 heterocycles. The van der Waals surface area contributed by atoms with Crippen molar-refractivity contribution in [3.8, 4) is 22.4 Å². The van der Waals surface area contributed by atoms with E-state index >= 15 is 0 Å².